The van der Waals surface area contributed by atoms with Crippen molar-refractivity contribution in [2.45, 2.75) is 20.0 Å². The van der Waals surface area contributed by atoms with Crippen molar-refractivity contribution >= 4 is 5.95 Å². The minimum Gasteiger partial charge on any atom is -0.350 e. The van der Waals surface area contributed by atoms with Crippen molar-refractivity contribution in [3.05, 3.63) is 42.2 Å². The fourth-order valence-corrected chi connectivity index (χ4v) is 1.40. The minimum absolute atomic E-state index is 0.777. The molecular formula is C11H14N4. The topological polar surface area (TPSA) is 42.7 Å². The molecule has 0 saturated carbocycles. The molecule has 1 heterocycles. The van der Waals surface area contributed by atoms with E-state index in [1.54, 1.807) is 6.33 Å². The maximum atomic E-state index is 4.00. The Morgan fingerprint density at radius 3 is 2.80 bits per heavy atom. The number of hydrogen-bond acceptors (Lipinski definition) is 3. The third-order valence-electron chi connectivity index (χ3n) is 2.25. The van der Waals surface area contributed by atoms with Crippen molar-refractivity contribution in [3.63, 3.8) is 0 Å². The molecule has 0 spiro atoms. The molecule has 0 aliphatic rings. The Morgan fingerprint density at radius 1 is 1.27 bits per heavy atom. The van der Waals surface area contributed by atoms with Crippen molar-refractivity contribution in [3.8, 4) is 0 Å². The summed E-state index contributed by atoms with van der Waals surface area (Å²) in [6, 6.07) is 10.2. The summed E-state index contributed by atoms with van der Waals surface area (Å²) in [5, 5.41) is 11.1. The Morgan fingerprint density at radius 2 is 2.07 bits per heavy atom. The monoisotopic (exact) mass is 202 g/mol. The average molecular weight is 202 g/mol. The smallest absolute Gasteiger partial charge is 0.224 e. The van der Waals surface area contributed by atoms with Crippen molar-refractivity contribution < 1.29 is 0 Å². The van der Waals surface area contributed by atoms with Crippen LogP contribution in [-0.2, 0) is 13.1 Å². The first kappa shape index (κ1) is 9.71. The van der Waals surface area contributed by atoms with Crippen LogP contribution in [0.2, 0.25) is 0 Å². The zero-order valence-electron chi connectivity index (χ0n) is 8.72. The van der Waals surface area contributed by atoms with Crippen LogP contribution in [0.1, 0.15) is 12.5 Å². The normalized spacial score (nSPS) is 10.2. The van der Waals surface area contributed by atoms with Crippen LogP contribution in [0.3, 0.4) is 0 Å². The number of anilines is 1. The van der Waals surface area contributed by atoms with Crippen LogP contribution >= 0.6 is 0 Å². The summed E-state index contributed by atoms with van der Waals surface area (Å²) >= 11 is 0. The van der Waals surface area contributed by atoms with E-state index in [1.165, 1.54) is 5.56 Å². The molecule has 78 valence electrons. The van der Waals surface area contributed by atoms with E-state index in [9.17, 15) is 0 Å². The lowest BCUT2D eigenvalue weighted by molar-refractivity contribution is 0.760. The second-order valence-corrected chi connectivity index (χ2v) is 3.28. The van der Waals surface area contributed by atoms with Gasteiger partial charge >= 0.3 is 0 Å². The van der Waals surface area contributed by atoms with Crippen LogP contribution in [0.15, 0.2) is 36.7 Å². The second-order valence-electron chi connectivity index (χ2n) is 3.28. The highest BCUT2D eigenvalue weighted by atomic mass is 15.3. The Bertz CT molecular complexity index is 408. The number of nitrogens with one attached hydrogen (secondary N) is 1. The van der Waals surface area contributed by atoms with Gasteiger partial charge in [-0.3, -0.25) is 0 Å². The first-order valence-electron chi connectivity index (χ1n) is 5.05. The number of nitrogens with zero attached hydrogens (tertiary/aromatic N) is 3. The number of hydrogen-bond donors (Lipinski definition) is 1. The van der Waals surface area contributed by atoms with Gasteiger partial charge in [0.05, 0.1) is 0 Å². The summed E-state index contributed by atoms with van der Waals surface area (Å²) in [7, 11) is 0. The SMILES string of the molecule is CCn1cnnc1NCc1ccccc1. The van der Waals surface area contributed by atoms with Crippen LogP contribution in [0.5, 0.6) is 0 Å². The third kappa shape index (κ3) is 2.34. The zero-order chi connectivity index (χ0) is 10.5. The number of benzene rings is 1. The molecule has 0 unspecified atom stereocenters. The van der Waals surface area contributed by atoms with Gasteiger partial charge in [0.15, 0.2) is 0 Å². The summed E-state index contributed by atoms with van der Waals surface area (Å²) in [5.41, 5.74) is 1.24. The highest BCUT2D eigenvalue weighted by Gasteiger charge is 2.00. The van der Waals surface area contributed by atoms with E-state index in [0.29, 0.717) is 0 Å². The Balaban J connectivity index is 1.99. The fourth-order valence-electron chi connectivity index (χ4n) is 1.40. The van der Waals surface area contributed by atoms with Crippen LogP contribution < -0.4 is 5.32 Å². The van der Waals surface area contributed by atoms with Crippen molar-refractivity contribution in [2.24, 2.45) is 0 Å². The zero-order valence-corrected chi connectivity index (χ0v) is 8.72. The Kier molecular flexibility index (Phi) is 2.97. The van der Waals surface area contributed by atoms with Gasteiger partial charge in [-0.2, -0.15) is 0 Å². The summed E-state index contributed by atoms with van der Waals surface area (Å²) in [6.45, 7) is 3.72. The fraction of sp³-hybridized carbons (Fsp3) is 0.273. The summed E-state index contributed by atoms with van der Waals surface area (Å²) in [6.07, 6.45) is 1.73. The van der Waals surface area contributed by atoms with E-state index in [2.05, 4.69) is 34.6 Å². The van der Waals surface area contributed by atoms with Crippen molar-refractivity contribution in [1.82, 2.24) is 14.8 Å². The molecule has 2 rings (SSSR count). The quantitative estimate of drug-likeness (QED) is 0.823. The second kappa shape index (κ2) is 4.59. The highest BCUT2D eigenvalue weighted by Crippen LogP contribution is 2.05. The summed E-state index contributed by atoms with van der Waals surface area (Å²) < 4.78 is 1.98. The largest absolute Gasteiger partial charge is 0.350 e. The molecule has 0 amide bonds. The molecule has 2 aromatic rings. The van der Waals surface area contributed by atoms with E-state index in [0.717, 1.165) is 19.0 Å². The van der Waals surface area contributed by atoms with E-state index in [1.807, 2.05) is 22.8 Å². The molecule has 15 heavy (non-hydrogen) atoms. The lowest BCUT2D eigenvalue weighted by atomic mass is 10.2. The molecule has 0 aliphatic heterocycles. The molecule has 0 atom stereocenters. The predicted molar refractivity (Wildman–Crippen MR) is 59.5 cm³/mol. The van der Waals surface area contributed by atoms with Gasteiger partial charge in [-0.05, 0) is 12.5 Å². The number of rotatable bonds is 4. The van der Waals surface area contributed by atoms with Gasteiger partial charge in [0.1, 0.15) is 6.33 Å². The lowest BCUT2D eigenvalue weighted by Gasteiger charge is -2.06. The molecule has 0 bridgehead atoms. The maximum Gasteiger partial charge on any atom is 0.224 e. The molecule has 1 aromatic carbocycles. The first-order valence-corrected chi connectivity index (χ1v) is 5.05. The molecule has 0 aliphatic carbocycles. The highest BCUT2D eigenvalue weighted by molar-refractivity contribution is 5.27. The first-order chi connectivity index (χ1) is 7.40. The summed E-state index contributed by atoms with van der Waals surface area (Å²) in [5.74, 6) is 0.821. The molecule has 4 nitrogen and oxygen atoms in total. The Hall–Kier alpha value is -1.84. The van der Waals surface area contributed by atoms with Crippen molar-refractivity contribution in [2.75, 3.05) is 5.32 Å². The van der Waals surface area contributed by atoms with Crippen LogP contribution in [-0.4, -0.2) is 14.8 Å². The van der Waals surface area contributed by atoms with E-state index in [-0.39, 0.29) is 0 Å². The van der Waals surface area contributed by atoms with Crippen LogP contribution in [0.4, 0.5) is 5.95 Å². The molecular weight excluding hydrogens is 188 g/mol. The van der Waals surface area contributed by atoms with Gasteiger partial charge in [-0.25, -0.2) is 0 Å². The summed E-state index contributed by atoms with van der Waals surface area (Å²) in [4.78, 5) is 0. The molecule has 0 radical (unpaired) electrons. The molecule has 0 fully saturated rings. The number of aromatic nitrogens is 3. The molecule has 0 saturated heterocycles. The van der Waals surface area contributed by atoms with E-state index >= 15 is 0 Å². The van der Waals surface area contributed by atoms with Gasteiger partial charge in [-0.15, -0.1) is 10.2 Å². The lowest BCUT2D eigenvalue weighted by Crippen LogP contribution is -2.06. The van der Waals surface area contributed by atoms with E-state index < -0.39 is 0 Å². The van der Waals surface area contributed by atoms with Gasteiger partial charge < -0.3 is 9.88 Å². The van der Waals surface area contributed by atoms with Gasteiger partial charge in [0, 0.05) is 13.1 Å². The molecule has 1 aromatic heterocycles. The van der Waals surface area contributed by atoms with Crippen molar-refractivity contribution in [1.29, 1.82) is 0 Å². The minimum atomic E-state index is 0.777. The van der Waals surface area contributed by atoms with Gasteiger partial charge in [0.2, 0.25) is 5.95 Å². The maximum absolute atomic E-state index is 4.00. The van der Waals surface area contributed by atoms with Crippen LogP contribution in [0, 0.1) is 0 Å². The van der Waals surface area contributed by atoms with E-state index in [4.69, 9.17) is 0 Å². The molecule has 4 heteroatoms. The predicted octanol–water partition coefficient (Wildman–Crippen LogP) is 1.91. The standard InChI is InChI=1S/C11H14N4/c1-2-15-9-13-14-11(15)12-8-10-6-4-3-5-7-10/h3-7,9H,2,8H2,1H3,(H,12,14). The van der Waals surface area contributed by atoms with Gasteiger partial charge in [-0.1, -0.05) is 30.3 Å². The number of aryl methyl sites for hydroxylation is 1. The average Bonchev–Trinajstić information content (AvgIpc) is 2.75. The van der Waals surface area contributed by atoms with Crippen LogP contribution in [0.25, 0.3) is 0 Å². The third-order valence-corrected chi connectivity index (χ3v) is 2.25. The molecule has 1 N–H and O–H groups in total. The van der Waals surface area contributed by atoms with Gasteiger partial charge in [0.25, 0.3) is 0 Å². The Labute approximate surface area is 89.0 Å².